The SMILES string of the molecule is COc1nc(Cn2cccn2)cc2onc(NS(=O)(=O)C3C=C(C#Cc4cccc(C#N)c4)C=CC3(OC)OC)c12. The molecule has 0 saturated heterocycles. The van der Waals surface area contributed by atoms with Crippen LogP contribution < -0.4 is 9.46 Å². The maximum Gasteiger partial charge on any atom is 0.246 e. The van der Waals surface area contributed by atoms with Crippen LogP contribution in [0.25, 0.3) is 11.0 Å². The lowest BCUT2D eigenvalue weighted by atomic mass is 10.0. The van der Waals surface area contributed by atoms with Crippen LogP contribution in [0.1, 0.15) is 16.8 Å². The summed E-state index contributed by atoms with van der Waals surface area (Å²) in [5.41, 5.74) is 2.31. The zero-order valence-electron chi connectivity index (χ0n) is 22.2. The fraction of sp³-hybridized carbons (Fsp3) is 0.214. The monoisotopic (exact) mass is 572 g/mol. The van der Waals surface area contributed by atoms with Crippen LogP contribution in [0.4, 0.5) is 5.82 Å². The van der Waals surface area contributed by atoms with Gasteiger partial charge in [0.15, 0.2) is 16.7 Å². The first-order valence-electron chi connectivity index (χ1n) is 12.2. The molecule has 12 nitrogen and oxygen atoms in total. The standard InChI is InChI=1S/C28H24N6O6S/c1-37-27-25-23(16-22(31-27)18-34-13-5-12-30-34)40-32-26(25)33-41(35,36)24-15-20(10-11-28(24,38-2)39-3)9-8-19-6-4-7-21(14-19)17-29/h4-7,10-16,24H,18H2,1-3H3,(H,32,33). The van der Waals surface area contributed by atoms with Gasteiger partial charge in [0.25, 0.3) is 0 Å². The molecule has 0 spiro atoms. The van der Waals surface area contributed by atoms with Gasteiger partial charge in [-0.1, -0.05) is 23.1 Å². The molecule has 0 fully saturated rings. The maximum absolute atomic E-state index is 13.8. The molecule has 3 heterocycles. The Morgan fingerprint density at radius 3 is 2.66 bits per heavy atom. The van der Waals surface area contributed by atoms with E-state index in [-0.39, 0.29) is 22.7 Å². The number of nitrogens with one attached hydrogen (secondary N) is 1. The van der Waals surface area contributed by atoms with E-state index in [0.717, 1.165) is 0 Å². The van der Waals surface area contributed by atoms with Gasteiger partial charge in [-0.2, -0.15) is 10.4 Å². The number of ether oxygens (including phenoxy) is 3. The molecule has 4 aromatic rings. The molecule has 0 amide bonds. The van der Waals surface area contributed by atoms with Crippen LogP contribution in [0.5, 0.6) is 5.88 Å². The Labute approximate surface area is 235 Å². The second-order valence-corrected chi connectivity index (χ2v) is 10.6. The molecule has 5 rings (SSSR count). The second kappa shape index (κ2) is 11.3. The van der Waals surface area contributed by atoms with Crippen LogP contribution in [0.3, 0.4) is 0 Å². The first kappa shape index (κ1) is 27.6. The molecule has 3 aromatic heterocycles. The van der Waals surface area contributed by atoms with Gasteiger partial charge in [0.2, 0.25) is 21.7 Å². The van der Waals surface area contributed by atoms with Gasteiger partial charge in [0, 0.05) is 43.8 Å². The zero-order chi connectivity index (χ0) is 29.0. The van der Waals surface area contributed by atoms with E-state index < -0.39 is 21.1 Å². The zero-order valence-corrected chi connectivity index (χ0v) is 23.0. The topological polar surface area (TPSA) is 154 Å². The van der Waals surface area contributed by atoms with Crippen molar-refractivity contribution in [2.24, 2.45) is 0 Å². The minimum absolute atomic E-state index is 0.111. The number of methoxy groups -OCH3 is 3. The lowest BCUT2D eigenvalue weighted by Gasteiger charge is -2.35. The van der Waals surface area contributed by atoms with E-state index in [1.165, 1.54) is 33.5 Å². The van der Waals surface area contributed by atoms with Crippen LogP contribution in [0.2, 0.25) is 0 Å². The smallest absolute Gasteiger partial charge is 0.246 e. The van der Waals surface area contributed by atoms with Crippen molar-refractivity contribution in [3.05, 3.63) is 89.4 Å². The van der Waals surface area contributed by atoms with Gasteiger partial charge in [0.1, 0.15) is 5.39 Å². The Morgan fingerprint density at radius 1 is 1.15 bits per heavy atom. The molecule has 208 valence electrons. The molecular formula is C28H24N6O6S. The summed E-state index contributed by atoms with van der Waals surface area (Å²) < 4.78 is 53.8. The minimum atomic E-state index is -4.29. The number of allylic oxidation sites excluding steroid dienone is 2. The Balaban J connectivity index is 1.49. The predicted octanol–water partition coefficient (Wildman–Crippen LogP) is 3.00. The molecule has 41 heavy (non-hydrogen) atoms. The molecule has 0 radical (unpaired) electrons. The highest BCUT2D eigenvalue weighted by Crippen LogP contribution is 2.35. The van der Waals surface area contributed by atoms with Crippen molar-refractivity contribution in [1.82, 2.24) is 19.9 Å². The van der Waals surface area contributed by atoms with Crippen molar-refractivity contribution in [2.45, 2.75) is 17.6 Å². The van der Waals surface area contributed by atoms with Gasteiger partial charge in [-0.15, -0.1) is 0 Å². The lowest BCUT2D eigenvalue weighted by molar-refractivity contribution is -0.165. The largest absolute Gasteiger partial charge is 0.480 e. The van der Waals surface area contributed by atoms with Gasteiger partial charge < -0.3 is 18.7 Å². The van der Waals surface area contributed by atoms with E-state index >= 15 is 0 Å². The Hall–Kier alpha value is -4.95. The highest BCUT2D eigenvalue weighted by atomic mass is 32.2. The summed E-state index contributed by atoms with van der Waals surface area (Å²) in [5, 5.41) is 16.1. The third-order valence-corrected chi connectivity index (χ3v) is 7.94. The predicted molar refractivity (Wildman–Crippen MR) is 148 cm³/mol. The van der Waals surface area contributed by atoms with Crippen molar-refractivity contribution < 1.29 is 27.2 Å². The van der Waals surface area contributed by atoms with Gasteiger partial charge in [-0.05, 0) is 42.5 Å². The molecule has 0 aliphatic heterocycles. The van der Waals surface area contributed by atoms with Gasteiger partial charge in [0.05, 0.1) is 31.0 Å². The lowest BCUT2D eigenvalue weighted by Crippen LogP contribution is -2.50. The second-order valence-electron chi connectivity index (χ2n) is 8.83. The normalized spacial score (nSPS) is 16.0. The van der Waals surface area contributed by atoms with E-state index in [1.54, 1.807) is 59.5 Å². The highest BCUT2D eigenvalue weighted by Gasteiger charge is 2.47. The van der Waals surface area contributed by atoms with Crippen LogP contribution in [-0.4, -0.2) is 60.7 Å². The number of rotatable bonds is 8. The summed E-state index contributed by atoms with van der Waals surface area (Å²) in [5.74, 6) is 4.26. The van der Waals surface area contributed by atoms with Crippen LogP contribution >= 0.6 is 0 Å². The summed E-state index contributed by atoms with van der Waals surface area (Å²) in [6.45, 7) is 0.342. The number of aromatic nitrogens is 4. The fourth-order valence-electron chi connectivity index (χ4n) is 4.32. The number of fused-ring (bicyclic) bond motifs is 1. The summed E-state index contributed by atoms with van der Waals surface area (Å²) in [7, 11) is -0.194. The van der Waals surface area contributed by atoms with E-state index in [1.807, 2.05) is 0 Å². The van der Waals surface area contributed by atoms with Crippen LogP contribution in [-0.2, 0) is 26.0 Å². The molecule has 1 N–H and O–H groups in total. The average Bonchev–Trinajstić information content (AvgIpc) is 3.65. The molecule has 1 unspecified atom stereocenters. The first-order chi connectivity index (χ1) is 19.8. The average molecular weight is 573 g/mol. The summed E-state index contributed by atoms with van der Waals surface area (Å²) in [6, 6.07) is 12.3. The van der Waals surface area contributed by atoms with Crippen LogP contribution in [0.15, 0.2) is 77.1 Å². The molecule has 1 atom stereocenters. The highest BCUT2D eigenvalue weighted by molar-refractivity contribution is 7.93. The first-order valence-corrected chi connectivity index (χ1v) is 13.7. The minimum Gasteiger partial charge on any atom is -0.480 e. The van der Waals surface area contributed by atoms with Crippen molar-refractivity contribution >= 4 is 26.8 Å². The summed E-state index contributed by atoms with van der Waals surface area (Å²) in [6.07, 6.45) is 7.95. The number of sulfonamides is 1. The van der Waals surface area contributed by atoms with Gasteiger partial charge >= 0.3 is 0 Å². The number of hydrogen-bond donors (Lipinski definition) is 1. The van der Waals surface area contributed by atoms with Crippen LogP contribution in [0, 0.1) is 23.2 Å². The van der Waals surface area contributed by atoms with Crippen molar-refractivity contribution in [1.29, 1.82) is 5.26 Å². The summed E-state index contributed by atoms with van der Waals surface area (Å²) in [4.78, 5) is 4.48. The molecule has 1 aliphatic rings. The van der Waals surface area contributed by atoms with Gasteiger partial charge in [-0.3, -0.25) is 9.40 Å². The quantitative estimate of drug-likeness (QED) is 0.246. The van der Waals surface area contributed by atoms with E-state index in [2.05, 4.69) is 37.9 Å². The summed E-state index contributed by atoms with van der Waals surface area (Å²) >= 11 is 0. The van der Waals surface area contributed by atoms with Crippen molar-refractivity contribution in [3.8, 4) is 23.8 Å². The third-order valence-electron chi connectivity index (χ3n) is 6.33. The number of pyridine rings is 1. The molecular weight excluding hydrogens is 548 g/mol. The molecule has 0 saturated carbocycles. The third kappa shape index (κ3) is 5.55. The molecule has 0 bridgehead atoms. The Kier molecular flexibility index (Phi) is 7.59. The Morgan fingerprint density at radius 2 is 1.95 bits per heavy atom. The van der Waals surface area contributed by atoms with Crippen molar-refractivity contribution in [3.63, 3.8) is 0 Å². The maximum atomic E-state index is 13.8. The fourth-order valence-corrected chi connectivity index (χ4v) is 5.89. The van der Waals surface area contributed by atoms with E-state index in [0.29, 0.717) is 28.9 Å². The molecule has 1 aromatic carbocycles. The van der Waals surface area contributed by atoms with E-state index in [9.17, 15) is 8.42 Å². The molecule has 13 heteroatoms. The van der Waals surface area contributed by atoms with Crippen molar-refractivity contribution in [2.75, 3.05) is 26.1 Å². The number of hydrogen-bond acceptors (Lipinski definition) is 10. The van der Waals surface area contributed by atoms with Gasteiger partial charge in [-0.25, -0.2) is 13.4 Å². The molecule has 1 aliphatic carbocycles. The Bertz CT molecular complexity index is 1850. The number of nitrogens with zero attached hydrogens (tertiary/aromatic N) is 5. The number of anilines is 1. The number of nitriles is 1. The number of benzene rings is 1. The van der Waals surface area contributed by atoms with E-state index in [4.69, 9.17) is 24.0 Å².